The second kappa shape index (κ2) is 5.89. The van der Waals surface area contributed by atoms with Crippen molar-refractivity contribution in [1.29, 1.82) is 0 Å². The van der Waals surface area contributed by atoms with E-state index in [1.54, 1.807) is 12.4 Å². The lowest BCUT2D eigenvalue weighted by Gasteiger charge is -2.10. The molecule has 0 amide bonds. The van der Waals surface area contributed by atoms with Crippen LogP contribution in [-0.2, 0) is 0 Å². The van der Waals surface area contributed by atoms with Crippen LogP contribution in [0.2, 0.25) is 0 Å². The third kappa shape index (κ3) is 2.85. The summed E-state index contributed by atoms with van der Waals surface area (Å²) in [5.74, 6) is 1.41. The first-order valence-corrected chi connectivity index (χ1v) is 7.01. The van der Waals surface area contributed by atoms with E-state index >= 15 is 0 Å². The summed E-state index contributed by atoms with van der Waals surface area (Å²) < 4.78 is 5.89. The molecule has 106 valence electrons. The van der Waals surface area contributed by atoms with Crippen molar-refractivity contribution in [2.75, 3.05) is 0 Å². The van der Waals surface area contributed by atoms with E-state index < -0.39 is 0 Å². The maximum absolute atomic E-state index is 5.96. The molecule has 0 aliphatic heterocycles. The highest BCUT2D eigenvalue weighted by molar-refractivity contribution is 5.84. The van der Waals surface area contributed by atoms with Crippen LogP contribution in [0.15, 0.2) is 54.9 Å². The molecule has 1 atom stereocenters. The van der Waals surface area contributed by atoms with Crippen LogP contribution in [0, 0.1) is 0 Å². The van der Waals surface area contributed by atoms with Gasteiger partial charge in [0.1, 0.15) is 11.3 Å². The molecule has 0 fully saturated rings. The maximum Gasteiger partial charge on any atom is 0.153 e. The number of fused-ring (bicyclic) bond motifs is 1. The number of hydrogen-bond acceptors (Lipinski definition) is 4. The lowest BCUT2D eigenvalue weighted by atomic mass is 10.1. The lowest BCUT2D eigenvalue weighted by molar-refractivity contribution is 0.483. The van der Waals surface area contributed by atoms with Crippen molar-refractivity contribution in [3.05, 3.63) is 60.6 Å². The Morgan fingerprint density at radius 1 is 1.10 bits per heavy atom. The Bertz CT molecular complexity index is 735. The number of ether oxygens (including phenoxy) is 1. The van der Waals surface area contributed by atoms with E-state index in [1.165, 1.54) is 0 Å². The second-order valence-corrected chi connectivity index (χ2v) is 4.87. The van der Waals surface area contributed by atoms with Gasteiger partial charge in [0.05, 0.1) is 11.9 Å². The molecule has 0 spiro atoms. The van der Waals surface area contributed by atoms with Crippen LogP contribution in [0.1, 0.15) is 25.1 Å². The van der Waals surface area contributed by atoms with Crippen LogP contribution >= 0.6 is 0 Å². The van der Waals surface area contributed by atoms with Gasteiger partial charge >= 0.3 is 0 Å². The van der Waals surface area contributed by atoms with Crippen LogP contribution in [0.5, 0.6) is 11.5 Å². The monoisotopic (exact) mass is 279 g/mol. The van der Waals surface area contributed by atoms with Crippen LogP contribution in [0.4, 0.5) is 0 Å². The molecule has 0 bridgehead atoms. The van der Waals surface area contributed by atoms with Gasteiger partial charge in [-0.3, -0.25) is 9.97 Å². The van der Waals surface area contributed by atoms with Crippen molar-refractivity contribution in [3.63, 3.8) is 0 Å². The van der Waals surface area contributed by atoms with Crippen LogP contribution in [0.3, 0.4) is 0 Å². The molecule has 0 unspecified atom stereocenters. The molecule has 2 heterocycles. The summed E-state index contributed by atoms with van der Waals surface area (Å²) in [4.78, 5) is 8.73. The van der Waals surface area contributed by atoms with E-state index in [0.29, 0.717) is 5.75 Å². The molecule has 3 aromatic rings. The summed E-state index contributed by atoms with van der Waals surface area (Å²) in [5.41, 5.74) is 7.68. The smallest absolute Gasteiger partial charge is 0.153 e. The molecule has 4 nitrogen and oxygen atoms in total. The Balaban J connectivity index is 1.88. The molecule has 0 saturated heterocycles. The van der Waals surface area contributed by atoms with Gasteiger partial charge in [-0.2, -0.15) is 0 Å². The molecule has 0 saturated carbocycles. The molecule has 0 radical (unpaired) electrons. The van der Waals surface area contributed by atoms with Gasteiger partial charge in [-0.05, 0) is 30.7 Å². The van der Waals surface area contributed by atoms with Gasteiger partial charge in [0, 0.05) is 17.6 Å². The molecule has 2 N–H and O–H groups in total. The zero-order valence-electron chi connectivity index (χ0n) is 11.9. The van der Waals surface area contributed by atoms with E-state index in [-0.39, 0.29) is 6.04 Å². The average molecular weight is 279 g/mol. The Hall–Kier alpha value is -2.46. The van der Waals surface area contributed by atoms with Crippen LogP contribution < -0.4 is 10.5 Å². The first-order chi connectivity index (χ1) is 10.3. The van der Waals surface area contributed by atoms with E-state index in [0.717, 1.165) is 28.8 Å². The Morgan fingerprint density at radius 3 is 2.71 bits per heavy atom. The van der Waals surface area contributed by atoms with Crippen LogP contribution in [-0.4, -0.2) is 9.97 Å². The normalized spacial score (nSPS) is 12.3. The third-order valence-corrected chi connectivity index (χ3v) is 3.40. The molecule has 3 rings (SSSR count). The number of rotatable bonds is 4. The number of pyridine rings is 2. The van der Waals surface area contributed by atoms with Crippen LogP contribution in [0.25, 0.3) is 10.9 Å². The zero-order valence-corrected chi connectivity index (χ0v) is 11.9. The highest BCUT2D eigenvalue weighted by Gasteiger charge is 2.07. The molecular formula is C17H17N3O. The molecular weight excluding hydrogens is 262 g/mol. The number of para-hydroxylation sites is 1. The van der Waals surface area contributed by atoms with Crippen molar-refractivity contribution in [2.45, 2.75) is 19.4 Å². The standard InChI is InChI=1S/C17H17N3O/c1-2-14(18)15-9-8-13(11-20-15)21-16-7-3-5-12-6-4-10-19-17(12)16/h3-11,14H,2,18H2,1H3/t14-/m0/s1. The summed E-state index contributed by atoms with van der Waals surface area (Å²) in [6.07, 6.45) is 4.32. The molecule has 0 aliphatic carbocycles. The van der Waals surface area contributed by atoms with Gasteiger partial charge in [0.2, 0.25) is 0 Å². The maximum atomic E-state index is 5.96. The number of hydrogen-bond donors (Lipinski definition) is 1. The third-order valence-electron chi connectivity index (χ3n) is 3.40. The first kappa shape index (κ1) is 13.5. The van der Waals surface area contributed by atoms with Gasteiger partial charge in [-0.1, -0.05) is 25.1 Å². The van der Waals surface area contributed by atoms with Crippen molar-refractivity contribution in [2.24, 2.45) is 5.73 Å². The van der Waals surface area contributed by atoms with Gasteiger partial charge in [-0.25, -0.2) is 0 Å². The predicted octanol–water partition coefficient (Wildman–Crippen LogP) is 3.83. The van der Waals surface area contributed by atoms with Crippen molar-refractivity contribution < 1.29 is 4.74 Å². The summed E-state index contributed by atoms with van der Waals surface area (Å²) in [5, 5.41) is 1.05. The van der Waals surface area contributed by atoms with E-state index in [4.69, 9.17) is 10.5 Å². The minimum atomic E-state index is -0.0294. The van der Waals surface area contributed by atoms with E-state index in [2.05, 4.69) is 9.97 Å². The fourth-order valence-electron chi connectivity index (χ4n) is 2.17. The quantitative estimate of drug-likeness (QED) is 0.788. The number of nitrogens with zero attached hydrogens (tertiary/aromatic N) is 2. The summed E-state index contributed by atoms with van der Waals surface area (Å²) in [6, 6.07) is 13.6. The van der Waals surface area contributed by atoms with E-state index in [9.17, 15) is 0 Å². The van der Waals surface area contributed by atoms with Gasteiger partial charge in [-0.15, -0.1) is 0 Å². The topological polar surface area (TPSA) is 61.0 Å². The average Bonchev–Trinajstić information content (AvgIpc) is 2.55. The summed E-state index contributed by atoms with van der Waals surface area (Å²) >= 11 is 0. The largest absolute Gasteiger partial charge is 0.453 e. The summed E-state index contributed by atoms with van der Waals surface area (Å²) in [7, 11) is 0. The number of nitrogens with two attached hydrogens (primary N) is 1. The van der Waals surface area contributed by atoms with Gasteiger partial charge in [0.15, 0.2) is 5.75 Å². The Morgan fingerprint density at radius 2 is 1.95 bits per heavy atom. The predicted molar refractivity (Wildman–Crippen MR) is 83.3 cm³/mol. The second-order valence-electron chi connectivity index (χ2n) is 4.87. The van der Waals surface area contributed by atoms with Crippen molar-refractivity contribution in [3.8, 4) is 11.5 Å². The van der Waals surface area contributed by atoms with Crippen molar-refractivity contribution >= 4 is 10.9 Å². The fourth-order valence-corrected chi connectivity index (χ4v) is 2.17. The van der Waals surface area contributed by atoms with Gasteiger partial charge in [0.25, 0.3) is 0 Å². The molecule has 4 heteroatoms. The van der Waals surface area contributed by atoms with E-state index in [1.807, 2.05) is 49.4 Å². The zero-order chi connectivity index (χ0) is 14.7. The molecule has 0 aliphatic rings. The number of aromatic nitrogens is 2. The number of benzene rings is 1. The minimum absolute atomic E-state index is 0.0294. The minimum Gasteiger partial charge on any atom is -0.453 e. The molecule has 21 heavy (non-hydrogen) atoms. The Kier molecular flexibility index (Phi) is 3.79. The lowest BCUT2D eigenvalue weighted by Crippen LogP contribution is -2.10. The summed E-state index contributed by atoms with van der Waals surface area (Å²) in [6.45, 7) is 2.04. The molecule has 1 aromatic carbocycles. The SMILES string of the molecule is CC[C@H](N)c1ccc(Oc2cccc3cccnc23)cn1. The highest BCUT2D eigenvalue weighted by atomic mass is 16.5. The first-order valence-electron chi connectivity index (χ1n) is 7.01. The highest BCUT2D eigenvalue weighted by Crippen LogP contribution is 2.28. The Labute approximate surface area is 123 Å². The fraction of sp³-hybridized carbons (Fsp3) is 0.176. The van der Waals surface area contributed by atoms with Crippen molar-refractivity contribution in [1.82, 2.24) is 9.97 Å². The van der Waals surface area contributed by atoms with Gasteiger partial charge < -0.3 is 10.5 Å². The molecule has 2 aromatic heterocycles.